The molecule has 2 aromatic rings. The van der Waals surface area contributed by atoms with Gasteiger partial charge in [-0.25, -0.2) is 0 Å². The Balaban J connectivity index is 0.00000192. The van der Waals surface area contributed by atoms with Crippen LogP contribution >= 0.6 is 58.5 Å². The zero-order chi connectivity index (χ0) is 15.7. The molecule has 1 aliphatic rings. The molecule has 1 aromatic carbocycles. The lowest BCUT2D eigenvalue weighted by atomic mass is 10.1. The van der Waals surface area contributed by atoms with Crippen LogP contribution in [0.1, 0.15) is 22.5 Å². The summed E-state index contributed by atoms with van der Waals surface area (Å²) in [5.41, 5.74) is 0. The van der Waals surface area contributed by atoms with Gasteiger partial charge in [-0.3, -0.25) is 4.79 Å². The van der Waals surface area contributed by atoms with Crippen molar-refractivity contribution in [3.8, 4) is 0 Å². The fourth-order valence-electron chi connectivity index (χ4n) is 2.69. The van der Waals surface area contributed by atoms with Crippen LogP contribution in [-0.4, -0.2) is 25.5 Å². The van der Waals surface area contributed by atoms with Gasteiger partial charge in [0, 0.05) is 21.7 Å². The molecular formula is C15H16Cl4N2OS. The van der Waals surface area contributed by atoms with Crippen molar-refractivity contribution in [3.63, 3.8) is 0 Å². The fourth-order valence-corrected chi connectivity index (χ4v) is 4.98. The van der Waals surface area contributed by atoms with Crippen molar-refractivity contribution in [1.82, 2.24) is 10.6 Å². The first-order chi connectivity index (χ1) is 10.6. The number of thiophene rings is 1. The maximum Gasteiger partial charge on any atom is 0.262 e. The number of carbonyl (C=O) groups is 1. The Kier molecular flexibility index (Phi) is 6.84. The van der Waals surface area contributed by atoms with E-state index in [2.05, 4.69) is 10.6 Å². The van der Waals surface area contributed by atoms with Gasteiger partial charge in [-0.2, -0.15) is 0 Å². The number of nitrogens with one attached hydrogen (secondary N) is 2. The van der Waals surface area contributed by atoms with Gasteiger partial charge >= 0.3 is 0 Å². The van der Waals surface area contributed by atoms with Gasteiger partial charge in [0.25, 0.3) is 5.91 Å². The predicted molar refractivity (Wildman–Crippen MR) is 102 cm³/mol. The fraction of sp³-hybridized carbons (Fsp3) is 0.400. The summed E-state index contributed by atoms with van der Waals surface area (Å²) in [6.07, 6.45) is 2.15. The average Bonchev–Trinajstić information content (AvgIpc) is 3.06. The van der Waals surface area contributed by atoms with E-state index in [-0.39, 0.29) is 18.3 Å². The molecule has 1 fully saturated rings. The molecule has 1 aromatic heterocycles. The number of hydrogen-bond acceptors (Lipinski definition) is 3. The van der Waals surface area contributed by atoms with Crippen molar-refractivity contribution in [2.75, 3.05) is 19.6 Å². The highest BCUT2D eigenvalue weighted by Gasteiger charge is 2.20. The lowest BCUT2D eigenvalue weighted by molar-refractivity contribution is 0.0956. The van der Waals surface area contributed by atoms with E-state index < -0.39 is 0 Å². The zero-order valence-corrected chi connectivity index (χ0v) is 16.0. The lowest BCUT2D eigenvalue weighted by Crippen LogP contribution is -2.25. The Morgan fingerprint density at radius 3 is 2.83 bits per heavy atom. The van der Waals surface area contributed by atoms with Gasteiger partial charge in [-0.15, -0.1) is 23.7 Å². The van der Waals surface area contributed by atoms with E-state index >= 15 is 0 Å². The van der Waals surface area contributed by atoms with Crippen LogP contribution in [0.3, 0.4) is 0 Å². The monoisotopic (exact) mass is 412 g/mol. The van der Waals surface area contributed by atoms with E-state index in [1.165, 1.54) is 17.8 Å². The van der Waals surface area contributed by atoms with Crippen LogP contribution in [-0.2, 0) is 0 Å². The first-order valence-corrected chi connectivity index (χ1v) is 9.07. The number of halogens is 4. The molecule has 2 N–H and O–H groups in total. The zero-order valence-electron chi connectivity index (χ0n) is 12.1. The number of benzene rings is 1. The Labute approximate surface area is 160 Å². The maximum atomic E-state index is 12.3. The second-order valence-electron chi connectivity index (χ2n) is 5.41. The van der Waals surface area contributed by atoms with Gasteiger partial charge in [0.15, 0.2) is 0 Å². The van der Waals surface area contributed by atoms with Crippen LogP contribution in [0.15, 0.2) is 12.1 Å². The summed E-state index contributed by atoms with van der Waals surface area (Å²) >= 11 is 19.8. The molecule has 1 aliphatic heterocycles. The van der Waals surface area contributed by atoms with Crippen LogP contribution in [0.2, 0.25) is 15.1 Å². The molecule has 3 rings (SSSR count). The maximum absolute atomic E-state index is 12.3. The van der Waals surface area contributed by atoms with Gasteiger partial charge in [0.1, 0.15) is 4.88 Å². The summed E-state index contributed by atoms with van der Waals surface area (Å²) in [6.45, 7) is 2.76. The average molecular weight is 414 g/mol. The summed E-state index contributed by atoms with van der Waals surface area (Å²) in [4.78, 5) is 12.8. The molecule has 0 spiro atoms. The topological polar surface area (TPSA) is 41.1 Å². The van der Waals surface area contributed by atoms with E-state index in [0.717, 1.165) is 24.2 Å². The van der Waals surface area contributed by atoms with Gasteiger partial charge in [-0.05, 0) is 44.0 Å². The van der Waals surface area contributed by atoms with E-state index in [0.29, 0.717) is 37.8 Å². The van der Waals surface area contributed by atoms with Gasteiger partial charge in [0.2, 0.25) is 0 Å². The number of carbonyl (C=O) groups excluding carboxylic acids is 1. The third-order valence-corrected chi connectivity index (χ3v) is 6.00. The van der Waals surface area contributed by atoms with Crippen molar-refractivity contribution < 1.29 is 4.79 Å². The number of rotatable bonds is 4. The lowest BCUT2D eigenvalue weighted by Gasteiger charge is -2.08. The van der Waals surface area contributed by atoms with Gasteiger partial charge < -0.3 is 10.6 Å². The minimum absolute atomic E-state index is 0. The van der Waals surface area contributed by atoms with Gasteiger partial charge in [-0.1, -0.05) is 34.8 Å². The Hall–Kier alpha value is -0.230. The third-order valence-electron chi connectivity index (χ3n) is 3.86. The van der Waals surface area contributed by atoms with Crippen LogP contribution in [0.25, 0.3) is 10.1 Å². The highest BCUT2D eigenvalue weighted by molar-refractivity contribution is 7.21. The second-order valence-corrected chi connectivity index (χ2v) is 7.68. The first-order valence-electron chi connectivity index (χ1n) is 7.12. The summed E-state index contributed by atoms with van der Waals surface area (Å²) in [5.74, 6) is 0.496. The van der Waals surface area contributed by atoms with Crippen LogP contribution in [0, 0.1) is 5.92 Å². The van der Waals surface area contributed by atoms with E-state index in [9.17, 15) is 4.79 Å². The summed E-state index contributed by atoms with van der Waals surface area (Å²) in [6, 6.07) is 3.42. The van der Waals surface area contributed by atoms with E-state index in [4.69, 9.17) is 34.8 Å². The van der Waals surface area contributed by atoms with E-state index in [1.807, 2.05) is 0 Å². The predicted octanol–water partition coefficient (Wildman–Crippen LogP) is 5.01. The molecule has 23 heavy (non-hydrogen) atoms. The molecule has 0 radical (unpaired) electrons. The van der Waals surface area contributed by atoms with Crippen LogP contribution in [0.4, 0.5) is 0 Å². The Morgan fingerprint density at radius 2 is 2.13 bits per heavy atom. The largest absolute Gasteiger partial charge is 0.351 e. The molecule has 1 atom stereocenters. The van der Waals surface area contributed by atoms with Crippen LogP contribution < -0.4 is 10.6 Å². The van der Waals surface area contributed by atoms with Crippen molar-refractivity contribution >= 4 is 74.5 Å². The Bertz CT molecular complexity index is 713. The smallest absolute Gasteiger partial charge is 0.262 e. The molecule has 8 heteroatoms. The molecule has 1 unspecified atom stereocenters. The van der Waals surface area contributed by atoms with Crippen molar-refractivity contribution in [2.24, 2.45) is 5.92 Å². The van der Waals surface area contributed by atoms with Gasteiger partial charge in [0.05, 0.1) is 10.0 Å². The molecule has 3 nitrogen and oxygen atoms in total. The summed E-state index contributed by atoms with van der Waals surface area (Å²) in [7, 11) is 0. The molecule has 0 saturated carbocycles. The molecule has 2 heterocycles. The standard InChI is InChI=1S/C15H15Cl3N2OS.ClH/c16-9-5-10(17)12-11(6-9)22-14(13(12)18)15(21)20-4-2-8-1-3-19-7-8;/h5-6,8,19H,1-4,7H2,(H,20,21);1H. The third kappa shape index (κ3) is 4.25. The minimum Gasteiger partial charge on any atom is -0.351 e. The van der Waals surface area contributed by atoms with E-state index in [1.54, 1.807) is 12.1 Å². The highest BCUT2D eigenvalue weighted by atomic mass is 35.5. The minimum atomic E-state index is -0.149. The second kappa shape index (κ2) is 8.24. The SMILES string of the molecule is Cl.O=C(NCCC1CCNC1)c1sc2cc(Cl)cc(Cl)c2c1Cl. The molecule has 1 amide bonds. The highest BCUT2D eigenvalue weighted by Crippen LogP contribution is 2.41. The normalized spacial score (nSPS) is 17.3. The van der Waals surface area contributed by atoms with Crippen molar-refractivity contribution in [1.29, 1.82) is 0 Å². The van der Waals surface area contributed by atoms with Crippen molar-refractivity contribution in [3.05, 3.63) is 32.1 Å². The molecule has 0 bridgehead atoms. The number of amides is 1. The molecule has 126 valence electrons. The number of hydrogen-bond donors (Lipinski definition) is 2. The Morgan fingerprint density at radius 1 is 1.35 bits per heavy atom. The molecular weight excluding hydrogens is 398 g/mol. The quantitative estimate of drug-likeness (QED) is 0.739. The molecule has 0 aliphatic carbocycles. The van der Waals surface area contributed by atoms with Crippen molar-refractivity contribution in [2.45, 2.75) is 12.8 Å². The summed E-state index contributed by atoms with van der Waals surface area (Å²) < 4.78 is 0.827. The van der Waals surface area contributed by atoms with Crippen LogP contribution in [0.5, 0.6) is 0 Å². The number of fused-ring (bicyclic) bond motifs is 1. The molecule has 1 saturated heterocycles. The summed E-state index contributed by atoms with van der Waals surface area (Å²) in [5, 5.41) is 8.38. The first kappa shape index (κ1) is 19.1.